The van der Waals surface area contributed by atoms with Crippen molar-refractivity contribution in [3.8, 4) is 0 Å². The first-order valence-corrected chi connectivity index (χ1v) is 9.39. The Kier molecular flexibility index (Phi) is 4.83. The number of likely N-dealkylation sites (tertiary alicyclic amines) is 2. The van der Waals surface area contributed by atoms with Crippen LogP contribution in [0.2, 0.25) is 0 Å². The summed E-state index contributed by atoms with van der Waals surface area (Å²) in [4.78, 5) is 21.3. The van der Waals surface area contributed by atoms with E-state index in [-0.39, 0.29) is 5.91 Å². The summed E-state index contributed by atoms with van der Waals surface area (Å²) in [6, 6.07) is 0.943. The summed E-state index contributed by atoms with van der Waals surface area (Å²) in [5, 5.41) is 3.44. The van der Waals surface area contributed by atoms with Gasteiger partial charge in [-0.05, 0) is 32.2 Å². The second-order valence-electron chi connectivity index (χ2n) is 6.93. The molecule has 1 aromatic rings. The van der Waals surface area contributed by atoms with Crippen molar-refractivity contribution in [2.45, 2.75) is 71.0 Å². The fourth-order valence-corrected chi connectivity index (χ4v) is 4.76. The number of carbonyl (C=O) groups is 1. The highest BCUT2D eigenvalue weighted by molar-refractivity contribution is 7.09. The zero-order chi connectivity index (χ0) is 15.7. The molecule has 1 amide bonds. The van der Waals surface area contributed by atoms with Gasteiger partial charge in [0.15, 0.2) is 0 Å². The van der Waals surface area contributed by atoms with Gasteiger partial charge in [-0.1, -0.05) is 13.8 Å². The topological polar surface area (TPSA) is 36.4 Å². The van der Waals surface area contributed by atoms with Gasteiger partial charge in [-0.25, -0.2) is 4.98 Å². The molecule has 0 spiro atoms. The molecule has 2 aliphatic rings. The highest BCUT2D eigenvalue weighted by atomic mass is 32.1. The van der Waals surface area contributed by atoms with Gasteiger partial charge in [-0.2, -0.15) is 0 Å². The SMILES string of the molecule is CC(=O)N1CCC[C@@H]1[C@@H]1CCCN1Cc1csc(C(C)C)n1. The molecule has 122 valence electrons. The first kappa shape index (κ1) is 15.9. The van der Waals surface area contributed by atoms with E-state index in [4.69, 9.17) is 4.98 Å². The highest BCUT2D eigenvalue weighted by Crippen LogP contribution is 2.31. The maximum absolute atomic E-state index is 11.9. The van der Waals surface area contributed by atoms with Crippen LogP contribution in [0.25, 0.3) is 0 Å². The van der Waals surface area contributed by atoms with Crippen LogP contribution in [0.4, 0.5) is 0 Å². The summed E-state index contributed by atoms with van der Waals surface area (Å²) in [6.45, 7) is 9.14. The van der Waals surface area contributed by atoms with Crippen LogP contribution >= 0.6 is 11.3 Å². The lowest BCUT2D eigenvalue weighted by atomic mass is 10.0. The summed E-state index contributed by atoms with van der Waals surface area (Å²) in [7, 11) is 0. The fraction of sp³-hybridized carbons (Fsp3) is 0.765. The quantitative estimate of drug-likeness (QED) is 0.854. The lowest BCUT2D eigenvalue weighted by Crippen LogP contribution is -2.47. The van der Waals surface area contributed by atoms with Crippen molar-refractivity contribution in [2.75, 3.05) is 13.1 Å². The van der Waals surface area contributed by atoms with Gasteiger partial charge >= 0.3 is 0 Å². The molecular weight excluding hydrogens is 294 g/mol. The third kappa shape index (κ3) is 3.20. The molecule has 3 heterocycles. The van der Waals surface area contributed by atoms with E-state index in [0.717, 1.165) is 32.5 Å². The predicted octanol–water partition coefficient (Wildman–Crippen LogP) is 3.24. The van der Waals surface area contributed by atoms with Crippen molar-refractivity contribution < 1.29 is 4.79 Å². The van der Waals surface area contributed by atoms with Crippen molar-refractivity contribution in [3.05, 3.63) is 16.1 Å². The van der Waals surface area contributed by atoms with E-state index in [2.05, 4.69) is 29.0 Å². The lowest BCUT2D eigenvalue weighted by Gasteiger charge is -2.34. The summed E-state index contributed by atoms with van der Waals surface area (Å²) in [5.74, 6) is 0.751. The molecule has 4 nitrogen and oxygen atoms in total. The van der Waals surface area contributed by atoms with E-state index in [1.54, 1.807) is 18.3 Å². The largest absolute Gasteiger partial charge is 0.338 e. The van der Waals surface area contributed by atoms with Gasteiger partial charge in [0, 0.05) is 43.4 Å². The zero-order valence-corrected chi connectivity index (χ0v) is 14.7. The second-order valence-corrected chi connectivity index (χ2v) is 7.82. The third-order valence-electron chi connectivity index (χ3n) is 4.99. The minimum atomic E-state index is 0.241. The Morgan fingerprint density at radius 2 is 2.05 bits per heavy atom. The normalized spacial score (nSPS) is 26.3. The summed E-state index contributed by atoms with van der Waals surface area (Å²) < 4.78 is 0. The van der Waals surface area contributed by atoms with Gasteiger partial charge in [0.2, 0.25) is 5.91 Å². The van der Waals surface area contributed by atoms with Gasteiger partial charge in [-0.3, -0.25) is 9.69 Å². The number of thiazole rings is 1. The molecule has 2 saturated heterocycles. The molecule has 0 aromatic carbocycles. The standard InChI is InChI=1S/C17H27N3OS/c1-12(2)17-18-14(11-22-17)10-19-8-4-6-15(19)16-7-5-9-20(16)13(3)21/h11-12,15-16H,4-10H2,1-3H3/t15-,16+/m0/s1. The Morgan fingerprint density at radius 1 is 1.32 bits per heavy atom. The van der Waals surface area contributed by atoms with Gasteiger partial charge in [0.1, 0.15) is 0 Å². The monoisotopic (exact) mass is 321 g/mol. The van der Waals surface area contributed by atoms with Gasteiger partial charge < -0.3 is 4.90 Å². The average Bonchev–Trinajstić information content (AvgIpc) is 3.17. The maximum Gasteiger partial charge on any atom is 0.219 e. The molecule has 0 bridgehead atoms. The van der Waals surface area contributed by atoms with Crippen molar-refractivity contribution >= 4 is 17.2 Å². The first-order chi connectivity index (χ1) is 10.6. The zero-order valence-electron chi connectivity index (χ0n) is 13.9. The third-order valence-corrected chi connectivity index (χ3v) is 6.18. The molecule has 0 aliphatic carbocycles. The minimum Gasteiger partial charge on any atom is -0.338 e. The van der Waals surface area contributed by atoms with Crippen LogP contribution in [0, 0.1) is 0 Å². The number of hydrogen-bond donors (Lipinski definition) is 0. The van der Waals surface area contributed by atoms with E-state index >= 15 is 0 Å². The molecule has 22 heavy (non-hydrogen) atoms. The smallest absolute Gasteiger partial charge is 0.219 e. The molecular formula is C17H27N3OS. The Bertz CT molecular complexity index is 528. The predicted molar refractivity (Wildman–Crippen MR) is 90.0 cm³/mol. The van der Waals surface area contributed by atoms with Gasteiger partial charge in [-0.15, -0.1) is 11.3 Å². The fourth-order valence-electron chi connectivity index (χ4n) is 3.94. The van der Waals surface area contributed by atoms with Crippen molar-refractivity contribution in [1.29, 1.82) is 0 Å². The molecule has 3 rings (SSSR count). The van der Waals surface area contributed by atoms with Crippen LogP contribution < -0.4 is 0 Å². The van der Waals surface area contributed by atoms with Crippen LogP contribution in [0.1, 0.15) is 63.1 Å². The molecule has 1 aromatic heterocycles. The molecule has 0 unspecified atom stereocenters. The van der Waals surface area contributed by atoms with E-state index in [1.807, 2.05) is 0 Å². The summed E-state index contributed by atoms with van der Waals surface area (Å²) in [5.41, 5.74) is 1.20. The molecule has 0 N–H and O–H groups in total. The number of carbonyl (C=O) groups excluding carboxylic acids is 1. The number of hydrogen-bond acceptors (Lipinski definition) is 4. The Morgan fingerprint density at radius 3 is 2.73 bits per heavy atom. The molecule has 2 aliphatic heterocycles. The highest BCUT2D eigenvalue weighted by Gasteiger charge is 2.38. The van der Waals surface area contributed by atoms with Gasteiger partial charge in [0.05, 0.1) is 10.7 Å². The van der Waals surface area contributed by atoms with Crippen molar-refractivity contribution in [2.24, 2.45) is 0 Å². The lowest BCUT2D eigenvalue weighted by molar-refractivity contribution is -0.130. The molecule has 2 fully saturated rings. The summed E-state index contributed by atoms with van der Waals surface area (Å²) in [6.07, 6.45) is 4.78. The van der Waals surface area contributed by atoms with Crippen LogP contribution in [0.5, 0.6) is 0 Å². The van der Waals surface area contributed by atoms with E-state index in [1.165, 1.54) is 23.5 Å². The van der Waals surface area contributed by atoms with E-state index in [9.17, 15) is 4.79 Å². The molecule has 0 radical (unpaired) electrons. The number of nitrogens with zero attached hydrogens (tertiary/aromatic N) is 3. The number of rotatable bonds is 4. The molecule has 5 heteroatoms. The Hall–Kier alpha value is -0.940. The number of aromatic nitrogens is 1. The minimum absolute atomic E-state index is 0.241. The Labute approximate surface area is 137 Å². The van der Waals surface area contributed by atoms with Crippen LogP contribution in [0.15, 0.2) is 5.38 Å². The van der Waals surface area contributed by atoms with Crippen molar-refractivity contribution in [1.82, 2.24) is 14.8 Å². The first-order valence-electron chi connectivity index (χ1n) is 8.52. The van der Waals surface area contributed by atoms with Crippen molar-refractivity contribution in [3.63, 3.8) is 0 Å². The average molecular weight is 321 g/mol. The number of amides is 1. The maximum atomic E-state index is 11.9. The van der Waals surface area contributed by atoms with Gasteiger partial charge in [0.25, 0.3) is 0 Å². The summed E-state index contributed by atoms with van der Waals surface area (Å²) >= 11 is 1.78. The van der Waals surface area contributed by atoms with Crippen LogP contribution in [-0.4, -0.2) is 45.9 Å². The Balaban J connectivity index is 1.68. The molecule has 2 atom stereocenters. The van der Waals surface area contributed by atoms with Crippen LogP contribution in [0.3, 0.4) is 0 Å². The second kappa shape index (κ2) is 6.67. The molecule has 0 saturated carbocycles. The van der Waals surface area contributed by atoms with E-state index < -0.39 is 0 Å². The van der Waals surface area contributed by atoms with E-state index in [0.29, 0.717) is 18.0 Å². The van der Waals surface area contributed by atoms with Crippen LogP contribution in [-0.2, 0) is 11.3 Å².